The molecule has 0 spiro atoms. The molecule has 1 aromatic heterocycles. The number of rotatable bonds is 2. The number of imidazole rings is 1. The zero-order valence-corrected chi connectivity index (χ0v) is 13.6. The maximum atomic E-state index is 12.2. The minimum atomic E-state index is -1.07. The predicted octanol–water partition coefficient (Wildman–Crippen LogP) is 0.989. The summed E-state index contributed by atoms with van der Waals surface area (Å²) in [6.45, 7) is 5.78. The highest BCUT2D eigenvalue weighted by atomic mass is 32.2. The fraction of sp³-hybridized carbons (Fsp3) is 0.400. The first-order valence-electron chi connectivity index (χ1n) is 7.31. The smallest absolute Gasteiger partial charge is 0.353 e. The summed E-state index contributed by atoms with van der Waals surface area (Å²) in [7, 11) is 0. The second-order valence-electron chi connectivity index (χ2n) is 6.52. The highest BCUT2D eigenvalue weighted by molar-refractivity contribution is 8.03. The van der Waals surface area contributed by atoms with Crippen LogP contribution in [0.4, 0.5) is 0 Å². The van der Waals surface area contributed by atoms with Crippen LogP contribution in [0.2, 0.25) is 0 Å². The minimum Gasteiger partial charge on any atom is -0.477 e. The molecule has 0 aromatic carbocycles. The van der Waals surface area contributed by atoms with E-state index in [-0.39, 0.29) is 22.5 Å². The molecule has 0 bridgehead atoms. The summed E-state index contributed by atoms with van der Waals surface area (Å²) < 4.78 is 2.10. The van der Waals surface area contributed by atoms with E-state index >= 15 is 0 Å². The third-order valence-electron chi connectivity index (χ3n) is 4.23. The van der Waals surface area contributed by atoms with Crippen molar-refractivity contribution in [3.63, 3.8) is 0 Å². The molecular formula is C15H16N4O3S. The highest BCUT2D eigenvalue weighted by Crippen LogP contribution is 2.45. The Bertz CT molecular complexity index is 793. The van der Waals surface area contributed by atoms with Crippen molar-refractivity contribution in [1.82, 2.24) is 19.8 Å². The third kappa shape index (κ3) is 2.21. The standard InChI is InChI=1S/C15H16N4O3S/c1-15(2)7-18-5-8(17-11(18)4-16-15)3-9-12(20)19-10(14(21)22)6-23-13(9)19/h3,5-6,13,16H,4,7H2,1-2H3,(H,21,22)/b9-3-. The summed E-state index contributed by atoms with van der Waals surface area (Å²) in [6, 6.07) is 0. The second kappa shape index (κ2) is 4.72. The van der Waals surface area contributed by atoms with Gasteiger partial charge in [0.2, 0.25) is 0 Å². The van der Waals surface area contributed by atoms with Gasteiger partial charge in [-0.2, -0.15) is 0 Å². The van der Waals surface area contributed by atoms with E-state index in [1.807, 2.05) is 6.20 Å². The number of carboxylic acid groups (broad SMARTS) is 1. The van der Waals surface area contributed by atoms with Crippen LogP contribution in [-0.2, 0) is 22.7 Å². The number of aromatic nitrogens is 2. The Labute approximate surface area is 137 Å². The maximum absolute atomic E-state index is 12.2. The quantitative estimate of drug-likeness (QED) is 0.620. The van der Waals surface area contributed by atoms with Crippen molar-refractivity contribution in [2.75, 3.05) is 0 Å². The molecule has 1 amide bonds. The summed E-state index contributed by atoms with van der Waals surface area (Å²) >= 11 is 1.34. The summed E-state index contributed by atoms with van der Waals surface area (Å²) in [5.74, 6) is -0.375. The van der Waals surface area contributed by atoms with Crippen LogP contribution in [0.5, 0.6) is 0 Å². The van der Waals surface area contributed by atoms with Crippen LogP contribution in [0.3, 0.4) is 0 Å². The van der Waals surface area contributed by atoms with Gasteiger partial charge in [0.1, 0.15) is 16.9 Å². The predicted molar refractivity (Wildman–Crippen MR) is 85.1 cm³/mol. The molecule has 3 aliphatic rings. The average molecular weight is 332 g/mol. The normalized spacial score (nSPS) is 26.6. The molecular weight excluding hydrogens is 316 g/mol. The minimum absolute atomic E-state index is 0.0167. The first kappa shape index (κ1) is 14.5. The SMILES string of the molecule is CC1(C)Cn2cc(/C=C3/C(=O)N4C(C(=O)O)=CSC34)nc2CN1. The van der Waals surface area contributed by atoms with Gasteiger partial charge in [-0.3, -0.25) is 9.69 Å². The first-order valence-corrected chi connectivity index (χ1v) is 8.25. The Morgan fingerprint density at radius 3 is 3.09 bits per heavy atom. The van der Waals surface area contributed by atoms with Crippen molar-refractivity contribution >= 4 is 29.7 Å². The Morgan fingerprint density at radius 1 is 1.57 bits per heavy atom. The fourth-order valence-electron chi connectivity index (χ4n) is 3.05. The van der Waals surface area contributed by atoms with Crippen LogP contribution >= 0.6 is 11.8 Å². The zero-order valence-electron chi connectivity index (χ0n) is 12.7. The Morgan fingerprint density at radius 2 is 2.35 bits per heavy atom. The van der Waals surface area contributed by atoms with Gasteiger partial charge in [0.15, 0.2) is 0 Å². The first-order chi connectivity index (χ1) is 10.9. The van der Waals surface area contributed by atoms with Crippen molar-refractivity contribution < 1.29 is 14.7 Å². The van der Waals surface area contributed by atoms with Crippen LogP contribution < -0.4 is 5.32 Å². The van der Waals surface area contributed by atoms with E-state index in [0.717, 1.165) is 18.1 Å². The molecule has 1 aromatic rings. The number of carbonyl (C=O) groups excluding carboxylic acids is 1. The summed E-state index contributed by atoms with van der Waals surface area (Å²) in [4.78, 5) is 29.2. The van der Waals surface area contributed by atoms with Crippen molar-refractivity contribution in [3.8, 4) is 0 Å². The van der Waals surface area contributed by atoms with Crippen LogP contribution in [0.1, 0.15) is 25.4 Å². The van der Waals surface area contributed by atoms with E-state index in [0.29, 0.717) is 12.1 Å². The van der Waals surface area contributed by atoms with Crippen molar-refractivity contribution in [2.24, 2.45) is 0 Å². The average Bonchev–Trinajstić information content (AvgIpc) is 3.04. The Kier molecular flexibility index (Phi) is 2.98. The monoisotopic (exact) mass is 332 g/mol. The van der Waals surface area contributed by atoms with Gasteiger partial charge in [-0.25, -0.2) is 9.78 Å². The van der Waals surface area contributed by atoms with Gasteiger partial charge >= 0.3 is 5.97 Å². The number of amides is 1. The molecule has 3 aliphatic heterocycles. The van der Waals surface area contributed by atoms with Gasteiger partial charge in [0.05, 0.1) is 17.8 Å². The second-order valence-corrected chi connectivity index (χ2v) is 7.47. The molecule has 120 valence electrons. The molecule has 0 radical (unpaired) electrons. The maximum Gasteiger partial charge on any atom is 0.353 e. The molecule has 0 saturated carbocycles. The highest BCUT2D eigenvalue weighted by Gasteiger charge is 2.49. The number of hydrogen-bond donors (Lipinski definition) is 2. The fourth-order valence-corrected chi connectivity index (χ4v) is 4.17. The molecule has 7 nitrogen and oxygen atoms in total. The number of thioether (sulfide) groups is 1. The molecule has 2 N–H and O–H groups in total. The molecule has 1 fully saturated rings. The van der Waals surface area contributed by atoms with Gasteiger partial charge in [0, 0.05) is 23.7 Å². The number of fused-ring (bicyclic) bond motifs is 2. The lowest BCUT2D eigenvalue weighted by Gasteiger charge is -2.36. The Hall–Kier alpha value is -2.06. The number of carboxylic acids is 1. The third-order valence-corrected chi connectivity index (χ3v) is 5.31. The lowest BCUT2D eigenvalue weighted by molar-refractivity contribution is -0.141. The molecule has 1 atom stereocenters. The number of aliphatic carboxylic acids is 1. The zero-order chi connectivity index (χ0) is 16.4. The van der Waals surface area contributed by atoms with Gasteiger partial charge in [0.25, 0.3) is 5.91 Å². The van der Waals surface area contributed by atoms with Gasteiger partial charge in [-0.1, -0.05) is 0 Å². The molecule has 4 heterocycles. The molecule has 8 heteroatoms. The molecule has 0 aliphatic carbocycles. The largest absolute Gasteiger partial charge is 0.477 e. The molecule has 23 heavy (non-hydrogen) atoms. The summed E-state index contributed by atoms with van der Waals surface area (Å²) in [5.41, 5.74) is 1.41. The van der Waals surface area contributed by atoms with Gasteiger partial charge in [-0.05, 0) is 19.9 Å². The van der Waals surface area contributed by atoms with Crippen LogP contribution in [0.25, 0.3) is 6.08 Å². The van der Waals surface area contributed by atoms with Crippen molar-refractivity contribution in [3.05, 3.63) is 34.4 Å². The van der Waals surface area contributed by atoms with E-state index in [9.17, 15) is 9.59 Å². The number of nitrogens with one attached hydrogen (secondary N) is 1. The van der Waals surface area contributed by atoms with E-state index in [4.69, 9.17) is 5.11 Å². The summed E-state index contributed by atoms with van der Waals surface area (Å²) in [5, 5.41) is 13.8. The van der Waals surface area contributed by atoms with Crippen LogP contribution in [0, 0.1) is 0 Å². The molecule has 1 unspecified atom stereocenters. The van der Waals surface area contributed by atoms with Gasteiger partial charge in [-0.15, -0.1) is 11.8 Å². The van der Waals surface area contributed by atoms with E-state index < -0.39 is 5.97 Å². The number of nitrogens with zero attached hydrogens (tertiary/aromatic N) is 3. The van der Waals surface area contributed by atoms with Crippen LogP contribution in [0.15, 0.2) is 22.9 Å². The summed E-state index contributed by atoms with van der Waals surface area (Å²) in [6.07, 6.45) is 3.72. The van der Waals surface area contributed by atoms with Crippen molar-refractivity contribution in [2.45, 2.75) is 37.8 Å². The number of carbonyl (C=O) groups is 2. The van der Waals surface area contributed by atoms with Crippen LogP contribution in [-0.4, -0.2) is 42.3 Å². The topological polar surface area (TPSA) is 87.5 Å². The molecule has 4 rings (SSSR count). The Balaban J connectivity index is 1.58. The lowest BCUT2D eigenvalue weighted by Crippen LogP contribution is -2.51. The van der Waals surface area contributed by atoms with Crippen molar-refractivity contribution in [1.29, 1.82) is 0 Å². The lowest BCUT2D eigenvalue weighted by atomic mass is 10.0. The van der Waals surface area contributed by atoms with E-state index in [1.165, 1.54) is 22.1 Å². The van der Waals surface area contributed by atoms with E-state index in [1.54, 1.807) is 6.08 Å². The van der Waals surface area contributed by atoms with E-state index in [2.05, 4.69) is 28.7 Å². The number of β-lactam (4-membered cyclic amide) rings is 1. The molecule has 1 saturated heterocycles. The van der Waals surface area contributed by atoms with Gasteiger partial charge < -0.3 is 15.0 Å². The number of hydrogen-bond acceptors (Lipinski definition) is 5.